The Morgan fingerprint density at radius 3 is 2.21 bits per heavy atom. The first-order chi connectivity index (χ1) is 15.9. The van der Waals surface area contributed by atoms with Crippen LogP contribution in [0.25, 0.3) is 6.08 Å². The number of hydrogen-bond donors (Lipinski definition) is 0. The lowest BCUT2D eigenvalue weighted by Gasteiger charge is -2.39. The van der Waals surface area contributed by atoms with Crippen LogP contribution >= 0.6 is 0 Å². The third-order valence-corrected chi connectivity index (χ3v) is 5.36. The van der Waals surface area contributed by atoms with Crippen LogP contribution in [-0.4, -0.2) is 29.9 Å². The van der Waals surface area contributed by atoms with Crippen molar-refractivity contribution in [3.63, 3.8) is 0 Å². The smallest absolute Gasteiger partial charge is 0.462 e. The van der Waals surface area contributed by atoms with E-state index < -0.39 is 12.4 Å². The Bertz CT molecular complexity index is 1080. The zero-order chi connectivity index (χ0) is 23.3. The Kier molecular flexibility index (Phi) is 6.79. The van der Waals surface area contributed by atoms with Crippen molar-refractivity contribution in [1.29, 1.82) is 0 Å². The van der Waals surface area contributed by atoms with E-state index in [2.05, 4.69) is 9.64 Å². The van der Waals surface area contributed by atoms with Crippen molar-refractivity contribution in [2.24, 2.45) is 0 Å². The van der Waals surface area contributed by atoms with Gasteiger partial charge in [0, 0.05) is 6.54 Å². The van der Waals surface area contributed by atoms with Gasteiger partial charge in [-0.15, -0.1) is 13.2 Å². The molecule has 1 saturated heterocycles. The first-order valence-electron chi connectivity index (χ1n) is 10.4. The van der Waals surface area contributed by atoms with Crippen LogP contribution in [-0.2, 0) is 16.1 Å². The summed E-state index contributed by atoms with van der Waals surface area (Å²) in [5.41, 5.74) is 2.73. The molecule has 1 fully saturated rings. The minimum Gasteiger partial charge on any atom is -0.462 e. The highest BCUT2D eigenvalue weighted by atomic mass is 19.4. The summed E-state index contributed by atoms with van der Waals surface area (Å²) in [6, 6.07) is 24.4. The maximum Gasteiger partial charge on any atom is 0.573 e. The van der Waals surface area contributed by atoms with E-state index in [1.807, 2.05) is 60.7 Å². The van der Waals surface area contributed by atoms with Gasteiger partial charge in [0.15, 0.2) is 0 Å². The highest BCUT2D eigenvalue weighted by Crippen LogP contribution is 2.31. The number of cyclic esters (lactones) is 1. The maximum absolute atomic E-state index is 12.7. The highest BCUT2D eigenvalue weighted by Gasteiger charge is 2.37. The molecule has 4 rings (SSSR count). The summed E-state index contributed by atoms with van der Waals surface area (Å²) in [6.45, 7) is 0.770. The third-order valence-electron chi connectivity index (χ3n) is 5.36. The fourth-order valence-corrected chi connectivity index (χ4v) is 3.81. The van der Waals surface area contributed by atoms with E-state index >= 15 is 0 Å². The van der Waals surface area contributed by atoms with Crippen molar-refractivity contribution < 1.29 is 27.4 Å². The van der Waals surface area contributed by atoms with Gasteiger partial charge in [-0.25, -0.2) is 4.79 Å². The molecule has 0 saturated carbocycles. The molecule has 0 bridgehead atoms. The number of esters is 1. The molecule has 170 valence electrons. The van der Waals surface area contributed by atoms with E-state index in [1.54, 1.807) is 12.2 Å². The summed E-state index contributed by atoms with van der Waals surface area (Å²) in [5, 5.41) is 0. The largest absolute Gasteiger partial charge is 0.573 e. The maximum atomic E-state index is 12.7. The summed E-state index contributed by atoms with van der Waals surface area (Å²) in [5.74, 6) is -0.669. The van der Waals surface area contributed by atoms with E-state index in [0.717, 1.165) is 11.1 Å². The van der Waals surface area contributed by atoms with Gasteiger partial charge in [0.2, 0.25) is 0 Å². The lowest BCUT2D eigenvalue weighted by molar-refractivity contribution is -0.274. The SMILES string of the molecule is O=C1OC[C@@H](c2ccccc2)N(Cc2ccccc2)[C@@H]1/C=C/c1ccc(OC(F)(F)F)cc1. The highest BCUT2D eigenvalue weighted by molar-refractivity contribution is 5.80. The number of nitrogens with zero attached hydrogens (tertiary/aromatic N) is 1. The normalized spacial score (nSPS) is 19.4. The van der Waals surface area contributed by atoms with E-state index in [4.69, 9.17) is 4.74 Å². The Balaban J connectivity index is 1.60. The number of alkyl halides is 3. The molecule has 4 nitrogen and oxygen atoms in total. The summed E-state index contributed by atoms with van der Waals surface area (Å²) < 4.78 is 46.6. The number of rotatable bonds is 6. The molecule has 0 radical (unpaired) electrons. The number of morpholine rings is 1. The molecule has 0 spiro atoms. The predicted molar refractivity (Wildman–Crippen MR) is 118 cm³/mol. The van der Waals surface area contributed by atoms with Crippen LogP contribution in [0.2, 0.25) is 0 Å². The zero-order valence-electron chi connectivity index (χ0n) is 17.6. The fraction of sp³-hybridized carbons (Fsp3) is 0.192. The lowest BCUT2D eigenvalue weighted by Crippen LogP contribution is -2.49. The fourth-order valence-electron chi connectivity index (χ4n) is 3.81. The van der Waals surface area contributed by atoms with Gasteiger partial charge in [0.1, 0.15) is 18.4 Å². The predicted octanol–water partition coefficient (Wildman–Crippen LogP) is 5.77. The van der Waals surface area contributed by atoms with Crippen molar-refractivity contribution in [3.05, 3.63) is 108 Å². The molecule has 0 aliphatic carbocycles. The van der Waals surface area contributed by atoms with Crippen molar-refractivity contribution in [1.82, 2.24) is 4.90 Å². The standard InChI is InChI=1S/C26H22F3NO3/c27-26(28,29)33-22-14-11-19(12-15-22)13-16-23-25(31)32-18-24(21-9-5-2-6-10-21)30(23)17-20-7-3-1-4-8-20/h1-16,23-24H,17-18H2/b16-13+/t23-,24+/m1/s1. The second-order valence-electron chi connectivity index (χ2n) is 7.64. The molecule has 3 aromatic rings. The number of ether oxygens (including phenoxy) is 2. The molecule has 2 atom stereocenters. The minimum atomic E-state index is -4.74. The van der Waals surface area contributed by atoms with Crippen molar-refractivity contribution in [2.75, 3.05) is 6.61 Å². The molecule has 0 aromatic heterocycles. The van der Waals surface area contributed by atoms with E-state index in [9.17, 15) is 18.0 Å². The quantitative estimate of drug-likeness (QED) is 0.445. The molecule has 1 aliphatic heterocycles. The van der Waals surface area contributed by atoms with Crippen LogP contribution in [0.5, 0.6) is 5.75 Å². The van der Waals surface area contributed by atoms with Gasteiger partial charge in [0.25, 0.3) is 0 Å². The van der Waals surface area contributed by atoms with Gasteiger partial charge in [-0.1, -0.05) is 84.9 Å². The van der Waals surface area contributed by atoms with Gasteiger partial charge in [-0.05, 0) is 28.8 Å². The topological polar surface area (TPSA) is 38.8 Å². The summed E-state index contributed by atoms with van der Waals surface area (Å²) in [7, 11) is 0. The molecule has 1 heterocycles. The Labute approximate surface area is 189 Å². The number of carbonyl (C=O) groups is 1. The molecular formula is C26H22F3NO3. The molecule has 33 heavy (non-hydrogen) atoms. The number of benzene rings is 3. The van der Waals surface area contributed by atoms with Gasteiger partial charge in [0.05, 0.1) is 6.04 Å². The van der Waals surface area contributed by atoms with Crippen molar-refractivity contribution in [2.45, 2.75) is 25.0 Å². The Hall–Kier alpha value is -3.58. The van der Waals surface area contributed by atoms with Crippen LogP contribution in [0.1, 0.15) is 22.7 Å². The summed E-state index contributed by atoms with van der Waals surface area (Å²) >= 11 is 0. The van der Waals surface area contributed by atoms with Gasteiger partial charge >= 0.3 is 12.3 Å². The van der Waals surface area contributed by atoms with Crippen molar-refractivity contribution >= 4 is 12.0 Å². The third kappa shape index (κ3) is 6.02. The Morgan fingerprint density at radius 2 is 1.58 bits per heavy atom. The number of hydrogen-bond acceptors (Lipinski definition) is 4. The van der Waals surface area contributed by atoms with Gasteiger partial charge < -0.3 is 9.47 Å². The van der Waals surface area contributed by atoms with Crippen LogP contribution in [0, 0.1) is 0 Å². The Morgan fingerprint density at radius 1 is 0.939 bits per heavy atom. The van der Waals surface area contributed by atoms with Crippen LogP contribution < -0.4 is 4.74 Å². The molecular weight excluding hydrogens is 431 g/mol. The van der Waals surface area contributed by atoms with Crippen molar-refractivity contribution in [3.8, 4) is 5.75 Å². The van der Waals surface area contributed by atoms with E-state index in [0.29, 0.717) is 12.1 Å². The van der Waals surface area contributed by atoms with Gasteiger partial charge in [-0.2, -0.15) is 0 Å². The number of halogens is 3. The average molecular weight is 453 g/mol. The van der Waals surface area contributed by atoms with E-state index in [-0.39, 0.29) is 24.4 Å². The lowest BCUT2D eigenvalue weighted by atomic mass is 10.00. The first kappa shape index (κ1) is 22.6. The van der Waals surface area contributed by atoms with Crippen LogP contribution in [0.3, 0.4) is 0 Å². The number of carbonyl (C=O) groups excluding carboxylic acids is 1. The second-order valence-corrected chi connectivity index (χ2v) is 7.64. The zero-order valence-corrected chi connectivity index (χ0v) is 17.6. The van der Waals surface area contributed by atoms with Gasteiger partial charge in [-0.3, -0.25) is 4.90 Å². The molecule has 3 aromatic carbocycles. The summed E-state index contributed by atoms with van der Waals surface area (Å²) in [6.07, 6.45) is -1.32. The summed E-state index contributed by atoms with van der Waals surface area (Å²) in [4.78, 5) is 14.8. The molecule has 0 unspecified atom stereocenters. The molecule has 1 aliphatic rings. The molecule has 0 amide bonds. The monoisotopic (exact) mass is 453 g/mol. The second kappa shape index (κ2) is 9.92. The minimum absolute atomic E-state index is 0.138. The average Bonchev–Trinajstić information content (AvgIpc) is 2.80. The first-order valence-corrected chi connectivity index (χ1v) is 10.4. The van der Waals surface area contributed by atoms with Crippen LogP contribution in [0.4, 0.5) is 13.2 Å². The van der Waals surface area contributed by atoms with Crippen LogP contribution in [0.15, 0.2) is 91.0 Å². The molecule has 7 heteroatoms. The molecule has 0 N–H and O–H groups in total. The van der Waals surface area contributed by atoms with E-state index in [1.165, 1.54) is 24.3 Å².